The molecule has 4 nitrogen and oxygen atoms in total. The van der Waals surface area contributed by atoms with Crippen LogP contribution in [0.15, 0.2) is 42.6 Å². The number of rotatable bonds is 3. The lowest BCUT2D eigenvalue weighted by molar-refractivity contribution is 0.0696. The molecule has 1 aromatic carbocycles. The van der Waals surface area contributed by atoms with Gasteiger partial charge in [-0.25, -0.2) is 9.78 Å². The number of aryl methyl sites for hydroxylation is 1. The Morgan fingerprint density at radius 3 is 2.76 bits per heavy atom. The molecule has 1 aromatic heterocycles. The zero-order chi connectivity index (χ0) is 12.3. The molecule has 0 saturated carbocycles. The summed E-state index contributed by atoms with van der Waals surface area (Å²) < 4.78 is 5.45. The van der Waals surface area contributed by atoms with Crippen LogP contribution in [-0.2, 0) is 0 Å². The molecule has 0 spiro atoms. The molecule has 0 aliphatic heterocycles. The van der Waals surface area contributed by atoms with E-state index in [1.807, 2.05) is 13.0 Å². The standard InChI is InChI=1S/C13H11NO3/c1-9-5-6-12(14-8-9)17-11-4-2-3-10(7-11)13(15)16/h2-8H,1H3,(H,15,16). The molecule has 17 heavy (non-hydrogen) atoms. The van der Waals surface area contributed by atoms with Crippen molar-refractivity contribution in [3.05, 3.63) is 53.7 Å². The van der Waals surface area contributed by atoms with Gasteiger partial charge >= 0.3 is 5.97 Å². The predicted octanol–water partition coefficient (Wildman–Crippen LogP) is 2.88. The summed E-state index contributed by atoms with van der Waals surface area (Å²) in [5, 5.41) is 8.84. The summed E-state index contributed by atoms with van der Waals surface area (Å²) in [7, 11) is 0. The van der Waals surface area contributed by atoms with E-state index in [1.54, 1.807) is 24.4 Å². The summed E-state index contributed by atoms with van der Waals surface area (Å²) in [6.07, 6.45) is 1.69. The number of aromatic nitrogens is 1. The quantitative estimate of drug-likeness (QED) is 0.879. The molecule has 0 fully saturated rings. The Morgan fingerprint density at radius 1 is 1.29 bits per heavy atom. The Hall–Kier alpha value is -2.36. The molecule has 0 aliphatic carbocycles. The maximum atomic E-state index is 10.8. The second kappa shape index (κ2) is 4.65. The van der Waals surface area contributed by atoms with Gasteiger partial charge < -0.3 is 9.84 Å². The lowest BCUT2D eigenvalue weighted by Gasteiger charge is -2.05. The Kier molecular flexibility index (Phi) is 3.05. The first-order valence-corrected chi connectivity index (χ1v) is 5.09. The summed E-state index contributed by atoms with van der Waals surface area (Å²) in [6, 6.07) is 9.91. The number of ether oxygens (including phenoxy) is 1. The smallest absolute Gasteiger partial charge is 0.335 e. The lowest BCUT2D eigenvalue weighted by atomic mass is 10.2. The van der Waals surface area contributed by atoms with E-state index in [-0.39, 0.29) is 5.56 Å². The van der Waals surface area contributed by atoms with Crippen LogP contribution in [0.4, 0.5) is 0 Å². The van der Waals surface area contributed by atoms with E-state index in [2.05, 4.69) is 4.98 Å². The zero-order valence-corrected chi connectivity index (χ0v) is 9.25. The summed E-state index contributed by atoms with van der Waals surface area (Å²) >= 11 is 0. The molecule has 2 rings (SSSR count). The van der Waals surface area contributed by atoms with Crippen molar-refractivity contribution >= 4 is 5.97 Å². The normalized spacial score (nSPS) is 9.94. The van der Waals surface area contributed by atoms with Crippen LogP contribution in [0.2, 0.25) is 0 Å². The molecule has 4 heteroatoms. The fourth-order valence-corrected chi connectivity index (χ4v) is 1.33. The predicted molar refractivity (Wildman–Crippen MR) is 62.4 cm³/mol. The average Bonchev–Trinajstić information content (AvgIpc) is 2.32. The topological polar surface area (TPSA) is 59.4 Å². The van der Waals surface area contributed by atoms with Gasteiger partial charge in [0, 0.05) is 12.3 Å². The van der Waals surface area contributed by atoms with Crippen molar-refractivity contribution in [2.45, 2.75) is 6.92 Å². The minimum absolute atomic E-state index is 0.189. The van der Waals surface area contributed by atoms with Crippen LogP contribution in [0.25, 0.3) is 0 Å². The van der Waals surface area contributed by atoms with Crippen LogP contribution in [0.1, 0.15) is 15.9 Å². The van der Waals surface area contributed by atoms with Crippen molar-refractivity contribution in [1.29, 1.82) is 0 Å². The molecule has 0 amide bonds. The zero-order valence-electron chi connectivity index (χ0n) is 9.25. The van der Waals surface area contributed by atoms with Crippen LogP contribution in [0.3, 0.4) is 0 Å². The summed E-state index contributed by atoms with van der Waals surface area (Å²) in [6.45, 7) is 1.93. The van der Waals surface area contributed by atoms with Gasteiger partial charge in [-0.2, -0.15) is 0 Å². The largest absolute Gasteiger partial charge is 0.478 e. The van der Waals surface area contributed by atoms with Crippen LogP contribution in [0.5, 0.6) is 11.6 Å². The van der Waals surface area contributed by atoms with E-state index >= 15 is 0 Å². The summed E-state index contributed by atoms with van der Waals surface area (Å²) in [5.41, 5.74) is 1.23. The summed E-state index contributed by atoms with van der Waals surface area (Å²) in [5.74, 6) is -0.0771. The van der Waals surface area contributed by atoms with Gasteiger partial charge in [0.15, 0.2) is 0 Å². The fourth-order valence-electron chi connectivity index (χ4n) is 1.33. The Balaban J connectivity index is 2.21. The number of hydrogen-bond donors (Lipinski definition) is 1. The first kappa shape index (κ1) is 11.1. The highest BCUT2D eigenvalue weighted by Gasteiger charge is 2.04. The average molecular weight is 229 g/mol. The van der Waals surface area contributed by atoms with Gasteiger partial charge in [0.05, 0.1) is 5.56 Å². The molecule has 1 heterocycles. The van der Waals surface area contributed by atoms with Gasteiger partial charge in [-0.3, -0.25) is 0 Å². The van der Waals surface area contributed by atoms with Gasteiger partial charge in [-0.05, 0) is 30.7 Å². The minimum Gasteiger partial charge on any atom is -0.478 e. The van der Waals surface area contributed by atoms with E-state index in [9.17, 15) is 4.79 Å². The van der Waals surface area contributed by atoms with Gasteiger partial charge in [0.1, 0.15) is 5.75 Å². The highest BCUT2D eigenvalue weighted by molar-refractivity contribution is 5.88. The number of hydrogen-bond acceptors (Lipinski definition) is 3. The second-order valence-electron chi connectivity index (χ2n) is 3.61. The van der Waals surface area contributed by atoms with Crippen molar-refractivity contribution in [1.82, 2.24) is 4.98 Å². The SMILES string of the molecule is Cc1ccc(Oc2cccc(C(=O)O)c2)nc1. The van der Waals surface area contributed by atoms with Crippen molar-refractivity contribution in [2.75, 3.05) is 0 Å². The number of pyridine rings is 1. The molecule has 86 valence electrons. The van der Waals surface area contributed by atoms with Crippen LogP contribution in [0, 0.1) is 6.92 Å². The third kappa shape index (κ3) is 2.81. The van der Waals surface area contributed by atoms with Crippen molar-refractivity contribution in [3.63, 3.8) is 0 Å². The molecule has 0 bridgehead atoms. The molecule has 0 atom stereocenters. The second-order valence-corrected chi connectivity index (χ2v) is 3.61. The fraction of sp³-hybridized carbons (Fsp3) is 0.0769. The first-order valence-electron chi connectivity index (χ1n) is 5.09. The lowest BCUT2D eigenvalue weighted by Crippen LogP contribution is -1.96. The number of carboxylic acids is 1. The molecular weight excluding hydrogens is 218 g/mol. The van der Waals surface area contributed by atoms with Gasteiger partial charge in [-0.15, -0.1) is 0 Å². The van der Waals surface area contributed by atoms with E-state index in [4.69, 9.17) is 9.84 Å². The highest BCUT2D eigenvalue weighted by Crippen LogP contribution is 2.20. The molecule has 2 aromatic rings. The molecular formula is C13H11NO3. The summed E-state index contributed by atoms with van der Waals surface area (Å²) in [4.78, 5) is 14.9. The van der Waals surface area contributed by atoms with Gasteiger partial charge in [0.2, 0.25) is 5.88 Å². The minimum atomic E-state index is -0.979. The molecule has 0 radical (unpaired) electrons. The van der Waals surface area contributed by atoms with Gasteiger partial charge in [-0.1, -0.05) is 12.1 Å². The van der Waals surface area contributed by atoms with E-state index in [0.29, 0.717) is 11.6 Å². The maximum Gasteiger partial charge on any atom is 0.335 e. The van der Waals surface area contributed by atoms with Crippen LogP contribution < -0.4 is 4.74 Å². The first-order chi connectivity index (χ1) is 8.15. The van der Waals surface area contributed by atoms with Crippen molar-refractivity contribution in [2.24, 2.45) is 0 Å². The number of aromatic carboxylic acids is 1. The Bertz CT molecular complexity index is 535. The molecule has 0 saturated heterocycles. The van der Waals surface area contributed by atoms with Crippen LogP contribution in [-0.4, -0.2) is 16.1 Å². The monoisotopic (exact) mass is 229 g/mol. The van der Waals surface area contributed by atoms with Crippen LogP contribution >= 0.6 is 0 Å². The number of carboxylic acid groups (broad SMARTS) is 1. The van der Waals surface area contributed by atoms with Crippen molar-refractivity contribution in [3.8, 4) is 11.6 Å². The molecule has 0 aliphatic rings. The maximum absolute atomic E-state index is 10.8. The van der Waals surface area contributed by atoms with E-state index in [0.717, 1.165) is 5.56 Å². The number of carbonyl (C=O) groups is 1. The Morgan fingerprint density at radius 2 is 2.12 bits per heavy atom. The third-order valence-electron chi connectivity index (χ3n) is 2.19. The Labute approximate surface area is 98.5 Å². The number of nitrogens with zero attached hydrogens (tertiary/aromatic N) is 1. The van der Waals surface area contributed by atoms with Gasteiger partial charge in [0.25, 0.3) is 0 Å². The van der Waals surface area contributed by atoms with Crippen molar-refractivity contribution < 1.29 is 14.6 Å². The van der Waals surface area contributed by atoms with E-state index < -0.39 is 5.97 Å². The molecule has 1 N–H and O–H groups in total. The molecule has 0 unspecified atom stereocenters. The number of benzene rings is 1. The highest BCUT2D eigenvalue weighted by atomic mass is 16.5. The van der Waals surface area contributed by atoms with E-state index in [1.165, 1.54) is 12.1 Å². The third-order valence-corrected chi connectivity index (χ3v) is 2.19.